The maximum absolute atomic E-state index is 5.50. The average molecular weight is 198 g/mol. The van der Waals surface area contributed by atoms with Gasteiger partial charge >= 0.3 is 0 Å². The van der Waals surface area contributed by atoms with Crippen LogP contribution in [0.3, 0.4) is 0 Å². The molecule has 1 aliphatic carbocycles. The third kappa shape index (κ3) is 4.97. The van der Waals surface area contributed by atoms with Gasteiger partial charge in [0.1, 0.15) is 0 Å². The van der Waals surface area contributed by atoms with Gasteiger partial charge in [-0.1, -0.05) is 26.2 Å². The smallest absolute Gasteiger partial charge is 0.00671 e. The van der Waals surface area contributed by atoms with Gasteiger partial charge in [-0.05, 0) is 44.7 Å². The molecular weight excluding hydrogens is 172 g/mol. The first-order valence-corrected chi connectivity index (χ1v) is 6.26. The molecule has 2 nitrogen and oxygen atoms in total. The minimum Gasteiger partial charge on any atom is -0.330 e. The summed E-state index contributed by atoms with van der Waals surface area (Å²) in [5.74, 6) is 0.792. The van der Waals surface area contributed by atoms with E-state index in [1.807, 2.05) is 0 Å². The molecule has 0 aromatic heterocycles. The van der Waals surface area contributed by atoms with Crippen LogP contribution >= 0.6 is 0 Å². The molecule has 1 fully saturated rings. The second kappa shape index (κ2) is 7.24. The van der Waals surface area contributed by atoms with E-state index in [1.165, 1.54) is 51.5 Å². The molecule has 0 aromatic carbocycles. The topological polar surface area (TPSA) is 38.0 Å². The molecule has 0 aliphatic heterocycles. The predicted octanol–water partition coefficient (Wildman–Crippen LogP) is 2.28. The fourth-order valence-corrected chi connectivity index (χ4v) is 2.24. The molecule has 1 aliphatic rings. The number of rotatable bonds is 6. The summed E-state index contributed by atoms with van der Waals surface area (Å²) in [5, 5.41) is 3.69. The lowest BCUT2D eigenvalue weighted by molar-refractivity contribution is 0.345. The molecule has 84 valence electrons. The lowest BCUT2D eigenvalue weighted by atomic mass is 9.95. The molecule has 0 radical (unpaired) electrons. The summed E-state index contributed by atoms with van der Waals surface area (Å²) in [6.07, 6.45) is 9.53. The SMILES string of the molecule is CC(CCCN)CNC1CCCCC1. The molecule has 0 spiro atoms. The van der Waals surface area contributed by atoms with Crippen molar-refractivity contribution in [1.82, 2.24) is 5.32 Å². The van der Waals surface area contributed by atoms with E-state index in [0.717, 1.165) is 18.5 Å². The number of hydrogen-bond donors (Lipinski definition) is 2. The first kappa shape index (κ1) is 12.0. The Kier molecular flexibility index (Phi) is 6.20. The van der Waals surface area contributed by atoms with Crippen molar-refractivity contribution in [1.29, 1.82) is 0 Å². The van der Waals surface area contributed by atoms with E-state index in [-0.39, 0.29) is 0 Å². The van der Waals surface area contributed by atoms with Crippen molar-refractivity contribution >= 4 is 0 Å². The molecule has 0 saturated heterocycles. The van der Waals surface area contributed by atoms with Gasteiger partial charge < -0.3 is 11.1 Å². The van der Waals surface area contributed by atoms with Gasteiger partial charge in [0.25, 0.3) is 0 Å². The van der Waals surface area contributed by atoms with Crippen molar-refractivity contribution in [3.05, 3.63) is 0 Å². The van der Waals surface area contributed by atoms with Crippen LogP contribution in [-0.2, 0) is 0 Å². The highest BCUT2D eigenvalue weighted by Crippen LogP contribution is 2.17. The van der Waals surface area contributed by atoms with Crippen molar-refractivity contribution < 1.29 is 0 Å². The Morgan fingerprint density at radius 2 is 2.00 bits per heavy atom. The maximum atomic E-state index is 5.50. The average Bonchev–Trinajstić information content (AvgIpc) is 2.25. The van der Waals surface area contributed by atoms with E-state index in [1.54, 1.807) is 0 Å². The third-order valence-electron chi connectivity index (χ3n) is 3.26. The molecule has 0 heterocycles. The molecule has 1 unspecified atom stereocenters. The first-order chi connectivity index (χ1) is 6.83. The first-order valence-electron chi connectivity index (χ1n) is 6.26. The summed E-state index contributed by atoms with van der Waals surface area (Å²) in [6.45, 7) is 4.35. The second-order valence-electron chi connectivity index (χ2n) is 4.78. The predicted molar refractivity (Wildman–Crippen MR) is 62.3 cm³/mol. The molecule has 2 heteroatoms. The van der Waals surface area contributed by atoms with Crippen LogP contribution in [0, 0.1) is 5.92 Å². The standard InChI is InChI=1S/C12H26N2/c1-11(6-5-9-13)10-14-12-7-3-2-4-8-12/h11-12,14H,2-10,13H2,1H3. The van der Waals surface area contributed by atoms with Crippen LogP contribution in [0.2, 0.25) is 0 Å². The highest BCUT2D eigenvalue weighted by Gasteiger charge is 2.13. The van der Waals surface area contributed by atoms with Gasteiger partial charge in [0, 0.05) is 6.04 Å². The Morgan fingerprint density at radius 3 is 2.64 bits per heavy atom. The van der Waals surface area contributed by atoms with Crippen LogP contribution in [-0.4, -0.2) is 19.1 Å². The van der Waals surface area contributed by atoms with E-state index in [0.29, 0.717) is 0 Å². The lowest BCUT2D eigenvalue weighted by Gasteiger charge is -2.24. The fourth-order valence-electron chi connectivity index (χ4n) is 2.24. The quantitative estimate of drug-likeness (QED) is 0.687. The molecular formula is C12H26N2. The highest BCUT2D eigenvalue weighted by molar-refractivity contribution is 4.72. The molecule has 1 rings (SSSR count). The number of hydrogen-bond acceptors (Lipinski definition) is 2. The summed E-state index contributed by atoms with van der Waals surface area (Å²) >= 11 is 0. The molecule has 3 N–H and O–H groups in total. The largest absolute Gasteiger partial charge is 0.330 e. The Morgan fingerprint density at radius 1 is 1.29 bits per heavy atom. The van der Waals surface area contributed by atoms with Gasteiger partial charge in [-0.25, -0.2) is 0 Å². The zero-order chi connectivity index (χ0) is 10.2. The fraction of sp³-hybridized carbons (Fsp3) is 1.00. The van der Waals surface area contributed by atoms with E-state index in [2.05, 4.69) is 12.2 Å². The van der Waals surface area contributed by atoms with Crippen LogP contribution in [0.5, 0.6) is 0 Å². The van der Waals surface area contributed by atoms with E-state index in [9.17, 15) is 0 Å². The zero-order valence-corrected chi connectivity index (χ0v) is 9.60. The van der Waals surface area contributed by atoms with E-state index >= 15 is 0 Å². The molecule has 0 bridgehead atoms. The summed E-state index contributed by atoms with van der Waals surface area (Å²) in [6, 6.07) is 0.809. The Hall–Kier alpha value is -0.0800. The van der Waals surface area contributed by atoms with Crippen LogP contribution in [0.4, 0.5) is 0 Å². The van der Waals surface area contributed by atoms with Gasteiger partial charge in [0.2, 0.25) is 0 Å². The monoisotopic (exact) mass is 198 g/mol. The van der Waals surface area contributed by atoms with E-state index in [4.69, 9.17) is 5.73 Å². The second-order valence-corrected chi connectivity index (χ2v) is 4.78. The Balaban J connectivity index is 2.00. The van der Waals surface area contributed by atoms with Crippen LogP contribution in [0.25, 0.3) is 0 Å². The summed E-state index contributed by atoms with van der Waals surface area (Å²) in [5.41, 5.74) is 5.50. The molecule has 1 saturated carbocycles. The minimum atomic E-state index is 0.792. The van der Waals surface area contributed by atoms with Crippen LogP contribution in [0.1, 0.15) is 51.9 Å². The van der Waals surface area contributed by atoms with Gasteiger partial charge in [0.15, 0.2) is 0 Å². The molecule has 0 aromatic rings. The van der Waals surface area contributed by atoms with Gasteiger partial charge in [-0.15, -0.1) is 0 Å². The molecule has 0 amide bonds. The molecule has 1 atom stereocenters. The normalized spacial score (nSPS) is 21.0. The minimum absolute atomic E-state index is 0.792. The Bertz CT molecular complexity index is 130. The third-order valence-corrected chi connectivity index (χ3v) is 3.26. The van der Waals surface area contributed by atoms with Gasteiger partial charge in [-0.3, -0.25) is 0 Å². The highest BCUT2D eigenvalue weighted by atomic mass is 14.9. The number of nitrogens with two attached hydrogens (primary N) is 1. The summed E-state index contributed by atoms with van der Waals surface area (Å²) in [4.78, 5) is 0. The van der Waals surface area contributed by atoms with Crippen LogP contribution in [0.15, 0.2) is 0 Å². The number of nitrogens with one attached hydrogen (secondary N) is 1. The van der Waals surface area contributed by atoms with Gasteiger partial charge in [0.05, 0.1) is 0 Å². The van der Waals surface area contributed by atoms with Crippen molar-refractivity contribution in [2.45, 2.75) is 57.9 Å². The van der Waals surface area contributed by atoms with E-state index < -0.39 is 0 Å². The van der Waals surface area contributed by atoms with Crippen LogP contribution < -0.4 is 11.1 Å². The maximum Gasteiger partial charge on any atom is 0.00671 e. The summed E-state index contributed by atoms with van der Waals surface area (Å²) < 4.78 is 0. The van der Waals surface area contributed by atoms with Crippen molar-refractivity contribution in [2.24, 2.45) is 11.7 Å². The summed E-state index contributed by atoms with van der Waals surface area (Å²) in [7, 11) is 0. The lowest BCUT2D eigenvalue weighted by Crippen LogP contribution is -2.34. The van der Waals surface area contributed by atoms with Crippen molar-refractivity contribution in [3.63, 3.8) is 0 Å². The molecule has 14 heavy (non-hydrogen) atoms. The van der Waals surface area contributed by atoms with Gasteiger partial charge in [-0.2, -0.15) is 0 Å². The van der Waals surface area contributed by atoms with Crippen molar-refractivity contribution in [2.75, 3.05) is 13.1 Å². The zero-order valence-electron chi connectivity index (χ0n) is 9.60. The Labute approximate surface area is 88.6 Å². The van der Waals surface area contributed by atoms with Crippen molar-refractivity contribution in [3.8, 4) is 0 Å².